The Kier molecular flexibility index (Phi) is 4.86. The van der Waals surface area contributed by atoms with E-state index in [-0.39, 0.29) is 0 Å². The molecule has 1 aromatic heterocycles. The molecule has 6 rings (SSSR count). The molecule has 5 aromatic rings. The molecule has 1 heterocycles. The lowest BCUT2D eigenvalue weighted by Gasteiger charge is -2.25. The SMILES string of the molecule is C1=C([Si](c2ccccc2)c2ccccc2)c2c(c3ccccc3n2-c2ccccc2)CC1. The lowest BCUT2D eigenvalue weighted by molar-refractivity contribution is 0.963. The second-order valence-electron chi connectivity index (χ2n) is 8.28. The number of fused-ring (bicyclic) bond motifs is 3. The second-order valence-corrected chi connectivity index (χ2v) is 10.7. The molecule has 0 saturated carbocycles. The van der Waals surface area contributed by atoms with Gasteiger partial charge in [0.05, 0.1) is 5.52 Å². The van der Waals surface area contributed by atoms with Crippen molar-refractivity contribution in [3.05, 3.63) is 133 Å². The molecule has 153 valence electrons. The molecule has 0 aliphatic heterocycles. The molecule has 0 saturated heterocycles. The van der Waals surface area contributed by atoms with Crippen LogP contribution >= 0.6 is 0 Å². The minimum atomic E-state index is -1.15. The zero-order chi connectivity index (χ0) is 21.3. The van der Waals surface area contributed by atoms with Crippen molar-refractivity contribution in [3.63, 3.8) is 0 Å². The Morgan fingerprint density at radius 3 is 1.81 bits per heavy atom. The molecule has 1 aliphatic carbocycles. The van der Waals surface area contributed by atoms with Crippen LogP contribution < -0.4 is 10.4 Å². The van der Waals surface area contributed by atoms with E-state index < -0.39 is 8.80 Å². The van der Waals surface area contributed by atoms with Gasteiger partial charge in [0.2, 0.25) is 0 Å². The van der Waals surface area contributed by atoms with Crippen molar-refractivity contribution >= 4 is 35.3 Å². The van der Waals surface area contributed by atoms with Crippen molar-refractivity contribution in [2.24, 2.45) is 0 Å². The number of para-hydroxylation sites is 2. The summed E-state index contributed by atoms with van der Waals surface area (Å²) in [6.45, 7) is 0. The summed E-state index contributed by atoms with van der Waals surface area (Å²) in [6.07, 6.45) is 4.71. The maximum absolute atomic E-state index is 2.52. The predicted molar refractivity (Wildman–Crippen MR) is 137 cm³/mol. The van der Waals surface area contributed by atoms with Gasteiger partial charge in [0.25, 0.3) is 0 Å². The van der Waals surface area contributed by atoms with E-state index in [4.69, 9.17) is 0 Å². The normalized spacial score (nSPS) is 13.2. The zero-order valence-electron chi connectivity index (χ0n) is 17.9. The van der Waals surface area contributed by atoms with Crippen molar-refractivity contribution in [3.8, 4) is 5.69 Å². The van der Waals surface area contributed by atoms with Crippen LogP contribution in [0.5, 0.6) is 0 Å². The van der Waals surface area contributed by atoms with Gasteiger partial charge in [-0.3, -0.25) is 0 Å². The van der Waals surface area contributed by atoms with Gasteiger partial charge in [-0.1, -0.05) is 114 Å². The minimum absolute atomic E-state index is 1.10. The third-order valence-electron chi connectivity index (χ3n) is 6.39. The van der Waals surface area contributed by atoms with Crippen LogP contribution in [-0.2, 0) is 6.42 Å². The number of rotatable bonds is 4. The number of aryl methyl sites for hydroxylation is 1. The molecule has 0 N–H and O–H groups in total. The highest BCUT2D eigenvalue weighted by Gasteiger charge is 2.31. The fraction of sp³-hybridized carbons (Fsp3) is 0.0667. The van der Waals surface area contributed by atoms with Gasteiger partial charge in [0.15, 0.2) is 8.80 Å². The van der Waals surface area contributed by atoms with Gasteiger partial charge in [-0.25, -0.2) is 0 Å². The number of hydrogen-bond acceptors (Lipinski definition) is 0. The first-order chi connectivity index (χ1) is 15.9. The van der Waals surface area contributed by atoms with E-state index in [1.165, 1.54) is 43.4 Å². The van der Waals surface area contributed by atoms with Crippen LogP contribution in [0, 0.1) is 0 Å². The Bertz CT molecular complexity index is 1360. The summed E-state index contributed by atoms with van der Waals surface area (Å²) < 4.78 is 2.51. The molecule has 4 aromatic carbocycles. The maximum atomic E-state index is 2.52. The topological polar surface area (TPSA) is 4.93 Å². The molecular weight excluding hydrogens is 402 g/mol. The third-order valence-corrected chi connectivity index (χ3v) is 9.19. The van der Waals surface area contributed by atoms with E-state index in [9.17, 15) is 0 Å². The first-order valence-electron chi connectivity index (χ1n) is 11.3. The van der Waals surface area contributed by atoms with Gasteiger partial charge in [0, 0.05) is 16.8 Å². The fourth-order valence-electron chi connectivity index (χ4n) is 5.05. The molecule has 0 unspecified atom stereocenters. The number of aromatic nitrogens is 1. The number of nitrogens with zero attached hydrogens (tertiary/aromatic N) is 1. The quantitative estimate of drug-likeness (QED) is 0.320. The van der Waals surface area contributed by atoms with Gasteiger partial charge < -0.3 is 4.57 Å². The van der Waals surface area contributed by atoms with Crippen LogP contribution in [0.15, 0.2) is 121 Å². The summed E-state index contributed by atoms with van der Waals surface area (Å²) in [5.41, 5.74) is 5.45. The number of benzene rings is 4. The van der Waals surface area contributed by atoms with E-state index in [2.05, 4.69) is 126 Å². The summed E-state index contributed by atoms with van der Waals surface area (Å²) in [4.78, 5) is 0. The molecule has 0 fully saturated rings. The molecule has 32 heavy (non-hydrogen) atoms. The van der Waals surface area contributed by atoms with Crippen LogP contribution in [0.2, 0.25) is 0 Å². The molecule has 1 aliphatic rings. The summed E-state index contributed by atoms with van der Waals surface area (Å²) in [7, 11) is -1.15. The van der Waals surface area contributed by atoms with Crippen LogP contribution in [0.1, 0.15) is 17.7 Å². The first kappa shape index (κ1) is 19.1. The van der Waals surface area contributed by atoms with Crippen molar-refractivity contribution in [2.45, 2.75) is 12.8 Å². The van der Waals surface area contributed by atoms with Crippen molar-refractivity contribution in [1.29, 1.82) is 0 Å². The first-order valence-corrected chi connectivity index (χ1v) is 12.8. The zero-order valence-corrected chi connectivity index (χ0v) is 18.9. The largest absolute Gasteiger partial charge is 0.310 e. The van der Waals surface area contributed by atoms with Gasteiger partial charge in [-0.05, 0) is 41.8 Å². The van der Waals surface area contributed by atoms with Gasteiger partial charge in [0.1, 0.15) is 0 Å². The van der Waals surface area contributed by atoms with Crippen LogP contribution in [0.3, 0.4) is 0 Å². The average molecular weight is 427 g/mol. The highest BCUT2D eigenvalue weighted by molar-refractivity contribution is 6.99. The van der Waals surface area contributed by atoms with E-state index >= 15 is 0 Å². The van der Waals surface area contributed by atoms with Crippen LogP contribution in [-0.4, -0.2) is 13.4 Å². The second kappa shape index (κ2) is 8.14. The predicted octanol–water partition coefficient (Wildman–Crippen LogP) is 5.81. The Labute approximate surface area is 190 Å². The van der Waals surface area contributed by atoms with Crippen molar-refractivity contribution in [2.75, 3.05) is 0 Å². The van der Waals surface area contributed by atoms with E-state index in [0.717, 1.165) is 12.8 Å². The monoisotopic (exact) mass is 426 g/mol. The Balaban J connectivity index is 1.66. The molecule has 0 atom stereocenters. The van der Waals surface area contributed by atoms with Gasteiger partial charge in [-0.15, -0.1) is 0 Å². The van der Waals surface area contributed by atoms with E-state index in [0.29, 0.717) is 0 Å². The Morgan fingerprint density at radius 2 is 1.16 bits per heavy atom. The van der Waals surface area contributed by atoms with Crippen molar-refractivity contribution < 1.29 is 0 Å². The minimum Gasteiger partial charge on any atom is -0.310 e. The lowest BCUT2D eigenvalue weighted by Crippen LogP contribution is -2.44. The summed E-state index contributed by atoms with van der Waals surface area (Å²) in [6, 6.07) is 42.0. The van der Waals surface area contributed by atoms with E-state index in [1.54, 1.807) is 0 Å². The van der Waals surface area contributed by atoms with Gasteiger partial charge >= 0.3 is 0 Å². The lowest BCUT2D eigenvalue weighted by atomic mass is 10.0. The number of hydrogen-bond donors (Lipinski definition) is 0. The molecule has 2 heteroatoms. The molecular formula is C30H24NSi. The summed E-state index contributed by atoms with van der Waals surface area (Å²) >= 11 is 0. The Hall–Kier alpha value is -3.62. The maximum Gasteiger partial charge on any atom is 0.156 e. The summed E-state index contributed by atoms with van der Waals surface area (Å²) in [5, 5.41) is 5.77. The smallest absolute Gasteiger partial charge is 0.156 e. The third kappa shape index (κ3) is 3.15. The van der Waals surface area contributed by atoms with Crippen LogP contribution in [0.25, 0.3) is 21.8 Å². The molecule has 1 nitrogen and oxygen atoms in total. The highest BCUT2D eigenvalue weighted by Crippen LogP contribution is 2.38. The Morgan fingerprint density at radius 1 is 0.594 bits per heavy atom. The summed E-state index contributed by atoms with van der Waals surface area (Å²) in [5.74, 6) is 0. The van der Waals surface area contributed by atoms with Crippen LogP contribution in [0.4, 0.5) is 0 Å². The highest BCUT2D eigenvalue weighted by atomic mass is 28.3. The van der Waals surface area contributed by atoms with Gasteiger partial charge in [-0.2, -0.15) is 0 Å². The molecule has 0 spiro atoms. The van der Waals surface area contributed by atoms with Crippen molar-refractivity contribution in [1.82, 2.24) is 4.57 Å². The number of allylic oxidation sites excluding steroid dienone is 1. The standard InChI is InChI=1S/C30H24NSi/c1-4-13-23(14-5-1)31-28-21-11-10-19-26(28)27-20-12-22-29(30(27)31)32(24-15-6-2-7-16-24)25-17-8-3-9-18-25/h1-11,13-19,21-22H,12,20H2. The molecule has 0 amide bonds. The molecule has 1 radical (unpaired) electrons. The molecule has 0 bridgehead atoms. The fourth-order valence-corrected chi connectivity index (χ4v) is 7.91. The average Bonchev–Trinajstić information content (AvgIpc) is 3.21. The van der Waals surface area contributed by atoms with E-state index in [1.807, 2.05) is 0 Å².